The van der Waals surface area contributed by atoms with Crippen LogP contribution in [-0.2, 0) is 9.59 Å². The van der Waals surface area contributed by atoms with Crippen LogP contribution in [0, 0.1) is 11.3 Å². The Hall–Kier alpha value is -2.55. The van der Waals surface area contributed by atoms with Crippen molar-refractivity contribution in [1.29, 1.82) is 5.26 Å². The van der Waals surface area contributed by atoms with E-state index in [1.807, 2.05) is 13.0 Å². The van der Waals surface area contributed by atoms with E-state index in [0.29, 0.717) is 44.1 Å². The maximum Gasteiger partial charge on any atom is 0.312 e. The zero-order valence-corrected chi connectivity index (χ0v) is 11.9. The Morgan fingerprint density at radius 3 is 2.67 bits per heavy atom. The summed E-state index contributed by atoms with van der Waals surface area (Å²) in [6.45, 7) is 4.14. The van der Waals surface area contributed by atoms with E-state index in [0.717, 1.165) is 0 Å². The normalized spacial score (nSPS) is 15.0. The molecule has 1 saturated heterocycles. The molecule has 0 spiro atoms. The first-order valence-electron chi connectivity index (χ1n) is 6.87. The molecule has 2 amide bonds. The number of carbonyl (C=O) groups excluding carboxylic acids is 2. The summed E-state index contributed by atoms with van der Waals surface area (Å²) in [4.78, 5) is 26.7. The lowest BCUT2D eigenvalue weighted by Crippen LogP contribution is -2.54. The van der Waals surface area contributed by atoms with Crippen LogP contribution in [0.1, 0.15) is 12.5 Å². The van der Waals surface area contributed by atoms with Gasteiger partial charge in [0.2, 0.25) is 0 Å². The van der Waals surface area contributed by atoms with Crippen molar-refractivity contribution in [1.82, 2.24) is 9.80 Å². The summed E-state index contributed by atoms with van der Waals surface area (Å²) in [5.41, 5.74) is 0.523. The van der Waals surface area contributed by atoms with Gasteiger partial charge >= 0.3 is 11.8 Å². The van der Waals surface area contributed by atoms with Crippen molar-refractivity contribution in [2.24, 2.45) is 0 Å². The van der Waals surface area contributed by atoms with Crippen molar-refractivity contribution < 1.29 is 14.3 Å². The maximum absolute atomic E-state index is 11.9. The minimum absolute atomic E-state index is 0.292. The van der Waals surface area contributed by atoms with Crippen LogP contribution in [-0.4, -0.2) is 54.4 Å². The molecule has 1 aromatic carbocycles. The lowest BCUT2D eigenvalue weighted by Gasteiger charge is -2.32. The highest BCUT2D eigenvalue weighted by Crippen LogP contribution is 2.12. The van der Waals surface area contributed by atoms with Crippen molar-refractivity contribution in [3.63, 3.8) is 0 Å². The number of hydrogen-bond donors (Lipinski definition) is 0. The molecule has 0 N–H and O–H groups in total. The van der Waals surface area contributed by atoms with Gasteiger partial charge in [-0.05, 0) is 25.1 Å². The Kier molecular flexibility index (Phi) is 4.77. The molecule has 1 aromatic rings. The molecule has 110 valence electrons. The van der Waals surface area contributed by atoms with E-state index in [4.69, 9.17) is 10.00 Å². The van der Waals surface area contributed by atoms with Crippen LogP contribution >= 0.6 is 0 Å². The molecule has 0 aromatic heterocycles. The minimum atomic E-state index is -0.475. The quantitative estimate of drug-likeness (QED) is 0.744. The average Bonchev–Trinajstić information content (AvgIpc) is 2.52. The Balaban J connectivity index is 1.85. The van der Waals surface area contributed by atoms with Gasteiger partial charge in [-0.3, -0.25) is 9.59 Å². The molecule has 0 aliphatic carbocycles. The molecule has 6 heteroatoms. The van der Waals surface area contributed by atoms with Gasteiger partial charge in [-0.25, -0.2) is 0 Å². The molecule has 1 fully saturated rings. The van der Waals surface area contributed by atoms with Crippen molar-refractivity contribution >= 4 is 11.8 Å². The number of nitrogens with zero attached hydrogens (tertiary/aromatic N) is 3. The monoisotopic (exact) mass is 287 g/mol. The van der Waals surface area contributed by atoms with Crippen LogP contribution in [0.15, 0.2) is 24.3 Å². The average molecular weight is 287 g/mol. The number of likely N-dealkylation sites (N-methyl/N-ethyl adjacent to an activating group) is 1. The Bertz CT molecular complexity index is 580. The summed E-state index contributed by atoms with van der Waals surface area (Å²) >= 11 is 0. The zero-order valence-electron chi connectivity index (χ0n) is 11.9. The second kappa shape index (κ2) is 6.75. The molecule has 1 heterocycles. The minimum Gasteiger partial charge on any atom is -0.492 e. The highest BCUT2D eigenvalue weighted by Gasteiger charge is 2.31. The van der Waals surface area contributed by atoms with Gasteiger partial charge in [0.1, 0.15) is 12.4 Å². The highest BCUT2D eigenvalue weighted by molar-refractivity contribution is 6.35. The molecule has 0 bridgehead atoms. The molecule has 1 aliphatic rings. The number of ether oxygens (including phenoxy) is 1. The summed E-state index contributed by atoms with van der Waals surface area (Å²) in [7, 11) is 0. The van der Waals surface area contributed by atoms with E-state index >= 15 is 0 Å². The molecule has 0 saturated carbocycles. The molecule has 0 unspecified atom stereocenters. The van der Waals surface area contributed by atoms with Crippen LogP contribution in [0.2, 0.25) is 0 Å². The van der Waals surface area contributed by atoms with Crippen molar-refractivity contribution in [2.75, 3.05) is 32.8 Å². The fraction of sp³-hybridized carbons (Fsp3) is 0.400. The first kappa shape index (κ1) is 14.9. The van der Waals surface area contributed by atoms with E-state index in [9.17, 15) is 9.59 Å². The summed E-state index contributed by atoms with van der Waals surface area (Å²) < 4.78 is 5.52. The van der Waals surface area contributed by atoms with Crippen molar-refractivity contribution in [2.45, 2.75) is 6.92 Å². The lowest BCUT2D eigenvalue weighted by atomic mass is 10.2. The predicted molar refractivity (Wildman–Crippen MR) is 75.5 cm³/mol. The van der Waals surface area contributed by atoms with Crippen LogP contribution in [0.5, 0.6) is 5.75 Å². The van der Waals surface area contributed by atoms with Gasteiger partial charge in [0.25, 0.3) is 0 Å². The second-order valence-electron chi connectivity index (χ2n) is 4.67. The molecule has 1 aliphatic heterocycles. The predicted octanol–water partition coefficient (Wildman–Crippen LogP) is 0.628. The number of carbonyl (C=O) groups is 2. The lowest BCUT2D eigenvalue weighted by molar-refractivity contribution is -0.156. The number of rotatable bonds is 5. The summed E-state index contributed by atoms with van der Waals surface area (Å²) in [5, 5.41) is 8.80. The largest absolute Gasteiger partial charge is 0.492 e. The van der Waals surface area contributed by atoms with E-state index in [2.05, 4.69) is 0 Å². The van der Waals surface area contributed by atoms with E-state index in [-0.39, 0.29) is 0 Å². The summed E-state index contributed by atoms with van der Waals surface area (Å²) in [6.07, 6.45) is 0. The summed E-state index contributed by atoms with van der Waals surface area (Å²) in [5.74, 6) is -0.340. The van der Waals surface area contributed by atoms with Gasteiger partial charge in [0, 0.05) is 19.6 Å². The van der Waals surface area contributed by atoms with Crippen LogP contribution in [0.3, 0.4) is 0 Å². The Morgan fingerprint density at radius 2 is 1.95 bits per heavy atom. The van der Waals surface area contributed by atoms with Crippen molar-refractivity contribution in [3.05, 3.63) is 29.8 Å². The Morgan fingerprint density at radius 1 is 1.24 bits per heavy atom. The molecule has 2 rings (SSSR count). The van der Waals surface area contributed by atoms with Gasteiger partial charge in [-0.1, -0.05) is 6.07 Å². The number of benzene rings is 1. The van der Waals surface area contributed by atoms with Crippen LogP contribution in [0.25, 0.3) is 0 Å². The molecule has 6 nitrogen and oxygen atoms in total. The van der Waals surface area contributed by atoms with Crippen LogP contribution < -0.4 is 4.74 Å². The third-order valence-electron chi connectivity index (χ3n) is 3.37. The van der Waals surface area contributed by atoms with Gasteiger partial charge < -0.3 is 14.5 Å². The SMILES string of the molecule is CCN1CCN(CCOc2cccc(C#N)c2)C(=O)C1=O. The molecule has 0 radical (unpaired) electrons. The Labute approximate surface area is 123 Å². The second-order valence-corrected chi connectivity index (χ2v) is 4.67. The number of amides is 2. The van der Waals surface area contributed by atoms with Crippen molar-refractivity contribution in [3.8, 4) is 11.8 Å². The zero-order chi connectivity index (χ0) is 15.2. The molecule has 0 atom stereocenters. The standard InChI is InChI=1S/C15H17N3O3/c1-2-17-6-7-18(15(20)14(17)19)8-9-21-13-5-3-4-12(10-13)11-16/h3-5,10H,2,6-9H2,1H3. The van der Waals surface area contributed by atoms with Gasteiger partial charge in [0.05, 0.1) is 18.2 Å². The number of nitriles is 1. The number of piperazine rings is 1. The first-order valence-corrected chi connectivity index (χ1v) is 6.87. The fourth-order valence-electron chi connectivity index (χ4n) is 2.16. The first-order chi connectivity index (χ1) is 10.2. The van der Waals surface area contributed by atoms with Gasteiger partial charge in [-0.15, -0.1) is 0 Å². The molecular weight excluding hydrogens is 270 g/mol. The van der Waals surface area contributed by atoms with Crippen LogP contribution in [0.4, 0.5) is 0 Å². The molecular formula is C15H17N3O3. The topological polar surface area (TPSA) is 73.6 Å². The van der Waals surface area contributed by atoms with E-state index in [1.54, 1.807) is 24.3 Å². The van der Waals surface area contributed by atoms with E-state index in [1.165, 1.54) is 9.80 Å². The number of hydrogen-bond acceptors (Lipinski definition) is 4. The van der Waals surface area contributed by atoms with Gasteiger partial charge in [-0.2, -0.15) is 5.26 Å². The maximum atomic E-state index is 11.9. The smallest absolute Gasteiger partial charge is 0.312 e. The highest BCUT2D eigenvalue weighted by atomic mass is 16.5. The fourth-order valence-corrected chi connectivity index (χ4v) is 2.16. The third kappa shape index (κ3) is 3.51. The summed E-state index contributed by atoms with van der Waals surface area (Å²) in [6, 6.07) is 8.86. The van der Waals surface area contributed by atoms with E-state index < -0.39 is 11.8 Å². The van der Waals surface area contributed by atoms with Gasteiger partial charge in [0.15, 0.2) is 0 Å². The third-order valence-corrected chi connectivity index (χ3v) is 3.37. The molecule has 21 heavy (non-hydrogen) atoms.